The molecule has 0 aliphatic carbocycles. The van der Waals surface area contributed by atoms with E-state index in [1.54, 1.807) is 0 Å². The fourth-order valence-electron chi connectivity index (χ4n) is 4.54. The van der Waals surface area contributed by atoms with Gasteiger partial charge in [0.2, 0.25) is 11.8 Å². The predicted molar refractivity (Wildman–Crippen MR) is 142 cm³/mol. The minimum Gasteiger partial charge on any atom is -0.475 e. The summed E-state index contributed by atoms with van der Waals surface area (Å²) in [6.07, 6.45) is -0.531. The number of carboxylic acids is 1. The van der Waals surface area contributed by atoms with Crippen LogP contribution in [-0.4, -0.2) is 53.4 Å². The summed E-state index contributed by atoms with van der Waals surface area (Å²) in [5.41, 5.74) is 1.74. The van der Waals surface area contributed by atoms with Crippen LogP contribution in [0, 0.1) is 11.8 Å². The van der Waals surface area contributed by atoms with Gasteiger partial charge in [-0.15, -0.1) is 0 Å². The number of hydrogen-bond acceptors (Lipinski definition) is 6. The Bertz CT molecular complexity index is 1150. The summed E-state index contributed by atoms with van der Waals surface area (Å²) in [4.78, 5) is 62.0. The first-order chi connectivity index (χ1) is 18.6. The van der Waals surface area contributed by atoms with Crippen LogP contribution in [0.1, 0.15) is 50.3 Å². The Kier molecular flexibility index (Phi) is 10.6. The van der Waals surface area contributed by atoms with Crippen LogP contribution in [0.5, 0.6) is 0 Å². The Hall–Kier alpha value is -4.21. The zero-order valence-electron chi connectivity index (χ0n) is 22.1. The summed E-state index contributed by atoms with van der Waals surface area (Å²) in [6, 6.07) is 16.3. The molecule has 39 heavy (non-hydrogen) atoms. The number of ether oxygens (including phenoxy) is 1. The third-order valence-corrected chi connectivity index (χ3v) is 6.53. The van der Waals surface area contributed by atoms with Crippen molar-refractivity contribution in [1.82, 2.24) is 16.0 Å². The van der Waals surface area contributed by atoms with Gasteiger partial charge in [-0.05, 0) is 36.3 Å². The van der Waals surface area contributed by atoms with Crippen molar-refractivity contribution in [2.45, 2.75) is 57.7 Å². The molecule has 2 aromatic rings. The van der Waals surface area contributed by atoms with Gasteiger partial charge in [-0.3, -0.25) is 14.4 Å². The molecule has 1 saturated heterocycles. The molecule has 4 N–H and O–H groups in total. The lowest BCUT2D eigenvalue weighted by Crippen LogP contribution is -2.53. The van der Waals surface area contributed by atoms with Crippen molar-refractivity contribution in [3.63, 3.8) is 0 Å². The van der Waals surface area contributed by atoms with Gasteiger partial charge in [-0.2, -0.15) is 0 Å². The number of ketones is 1. The highest BCUT2D eigenvalue weighted by Crippen LogP contribution is 2.23. The van der Waals surface area contributed by atoms with E-state index >= 15 is 0 Å². The standard InChI is InChI=1S/C29H35N3O7/c1-18(2)15-23(27(35)31-22(25(33)28(36)37)17-21-13-14-30-26(21)34)32-29(38)39-24(20-11-7-4-8-12-20)16-19-9-5-3-6-10-19/h3-12,18,21-24H,13-17H2,1-2H3,(H,30,34)(H,31,35)(H,32,38)(H,36,37)/t21-,22?,23?,24?/m0/s1. The zero-order valence-corrected chi connectivity index (χ0v) is 22.1. The van der Waals surface area contributed by atoms with Crippen LogP contribution in [0.4, 0.5) is 4.79 Å². The van der Waals surface area contributed by atoms with Gasteiger partial charge in [-0.25, -0.2) is 9.59 Å². The molecule has 0 bridgehead atoms. The lowest BCUT2D eigenvalue weighted by Gasteiger charge is -2.25. The number of hydrogen-bond donors (Lipinski definition) is 4. The van der Waals surface area contributed by atoms with Gasteiger partial charge in [-0.1, -0.05) is 74.5 Å². The van der Waals surface area contributed by atoms with Gasteiger partial charge in [0.15, 0.2) is 0 Å². The van der Waals surface area contributed by atoms with E-state index in [0.29, 0.717) is 19.4 Å². The van der Waals surface area contributed by atoms with Gasteiger partial charge < -0.3 is 25.8 Å². The fourth-order valence-corrected chi connectivity index (χ4v) is 4.54. The van der Waals surface area contributed by atoms with E-state index in [-0.39, 0.29) is 24.7 Å². The maximum Gasteiger partial charge on any atom is 0.408 e. The first-order valence-corrected chi connectivity index (χ1v) is 13.0. The van der Waals surface area contributed by atoms with E-state index in [4.69, 9.17) is 4.74 Å². The second-order valence-electron chi connectivity index (χ2n) is 10.1. The largest absolute Gasteiger partial charge is 0.475 e. The third-order valence-electron chi connectivity index (χ3n) is 6.53. The zero-order chi connectivity index (χ0) is 28.4. The molecule has 0 radical (unpaired) electrons. The highest BCUT2D eigenvalue weighted by atomic mass is 16.6. The quantitative estimate of drug-likeness (QED) is 0.287. The Morgan fingerprint density at radius 1 is 0.974 bits per heavy atom. The lowest BCUT2D eigenvalue weighted by atomic mass is 9.95. The van der Waals surface area contributed by atoms with E-state index in [9.17, 15) is 29.1 Å². The minimum atomic E-state index is -1.71. The minimum absolute atomic E-state index is 0.0236. The second kappa shape index (κ2) is 14.1. The molecular formula is C29H35N3O7. The molecule has 3 amide bonds. The monoisotopic (exact) mass is 537 g/mol. The molecule has 3 unspecified atom stereocenters. The number of carbonyl (C=O) groups is 5. The number of amides is 3. The van der Waals surface area contributed by atoms with Gasteiger partial charge >= 0.3 is 12.1 Å². The summed E-state index contributed by atoms with van der Waals surface area (Å²) in [5.74, 6) is -4.57. The topological polar surface area (TPSA) is 151 Å². The first-order valence-electron chi connectivity index (χ1n) is 13.0. The maximum absolute atomic E-state index is 13.2. The van der Waals surface area contributed by atoms with Crippen LogP contribution in [0.25, 0.3) is 0 Å². The Morgan fingerprint density at radius 3 is 2.18 bits per heavy atom. The second-order valence-corrected chi connectivity index (χ2v) is 10.1. The van der Waals surface area contributed by atoms with Crippen LogP contribution < -0.4 is 16.0 Å². The number of benzene rings is 2. The van der Waals surface area contributed by atoms with Gasteiger partial charge in [0.05, 0.1) is 6.04 Å². The molecule has 3 rings (SSSR count). The fraction of sp³-hybridized carbons (Fsp3) is 0.414. The predicted octanol–water partition coefficient (Wildman–Crippen LogP) is 2.78. The van der Waals surface area contributed by atoms with Crippen molar-refractivity contribution in [1.29, 1.82) is 0 Å². The molecule has 0 saturated carbocycles. The number of carboxylic acid groups (broad SMARTS) is 1. The molecule has 4 atom stereocenters. The molecule has 1 aliphatic heterocycles. The average Bonchev–Trinajstić information content (AvgIpc) is 3.31. The number of alkyl carbamates (subject to hydrolysis) is 1. The summed E-state index contributed by atoms with van der Waals surface area (Å²) < 4.78 is 5.77. The van der Waals surface area contributed by atoms with Crippen molar-refractivity contribution < 1.29 is 33.8 Å². The molecule has 0 spiro atoms. The van der Waals surface area contributed by atoms with Crippen molar-refractivity contribution in [2.24, 2.45) is 11.8 Å². The van der Waals surface area contributed by atoms with E-state index in [0.717, 1.165) is 11.1 Å². The van der Waals surface area contributed by atoms with Crippen LogP contribution in [0.15, 0.2) is 60.7 Å². The van der Waals surface area contributed by atoms with Gasteiger partial charge in [0.25, 0.3) is 5.78 Å². The van der Waals surface area contributed by atoms with Crippen molar-refractivity contribution >= 4 is 29.7 Å². The van der Waals surface area contributed by atoms with E-state index in [2.05, 4.69) is 16.0 Å². The molecular weight excluding hydrogens is 502 g/mol. The Morgan fingerprint density at radius 2 is 1.62 bits per heavy atom. The molecule has 0 aromatic heterocycles. The van der Waals surface area contributed by atoms with Crippen LogP contribution in [0.2, 0.25) is 0 Å². The third kappa shape index (κ3) is 8.94. The Labute approximate surface area is 227 Å². The number of aliphatic carboxylic acids is 1. The summed E-state index contributed by atoms with van der Waals surface area (Å²) in [7, 11) is 0. The van der Waals surface area contributed by atoms with Crippen molar-refractivity contribution in [2.75, 3.05) is 6.54 Å². The van der Waals surface area contributed by atoms with Crippen LogP contribution in [0.3, 0.4) is 0 Å². The Balaban J connectivity index is 1.73. The van der Waals surface area contributed by atoms with Crippen LogP contribution in [-0.2, 0) is 30.3 Å². The van der Waals surface area contributed by atoms with Crippen molar-refractivity contribution in [3.8, 4) is 0 Å². The van der Waals surface area contributed by atoms with Gasteiger partial charge in [0.1, 0.15) is 12.1 Å². The normalized spacial score (nSPS) is 17.0. The molecule has 2 aromatic carbocycles. The van der Waals surface area contributed by atoms with Crippen LogP contribution >= 0.6 is 0 Å². The van der Waals surface area contributed by atoms with E-state index < -0.39 is 47.9 Å². The first kappa shape index (κ1) is 29.3. The number of rotatable bonds is 13. The molecule has 1 heterocycles. The molecule has 1 aliphatic rings. The summed E-state index contributed by atoms with van der Waals surface area (Å²) in [5, 5.41) is 17.0. The van der Waals surface area contributed by atoms with E-state index in [1.807, 2.05) is 74.5 Å². The number of Topliss-reactive ketones (excluding diaryl/α,β-unsaturated/α-hetero) is 1. The maximum atomic E-state index is 13.2. The van der Waals surface area contributed by atoms with Crippen molar-refractivity contribution in [3.05, 3.63) is 71.8 Å². The summed E-state index contributed by atoms with van der Waals surface area (Å²) >= 11 is 0. The van der Waals surface area contributed by atoms with E-state index in [1.165, 1.54) is 0 Å². The highest BCUT2D eigenvalue weighted by Gasteiger charge is 2.35. The molecule has 10 heteroatoms. The molecule has 208 valence electrons. The van der Waals surface area contributed by atoms with Gasteiger partial charge in [0, 0.05) is 18.9 Å². The average molecular weight is 538 g/mol. The number of nitrogens with one attached hydrogen (secondary N) is 3. The molecule has 10 nitrogen and oxygen atoms in total. The number of carbonyl (C=O) groups excluding carboxylic acids is 4. The highest BCUT2D eigenvalue weighted by molar-refractivity contribution is 6.35. The summed E-state index contributed by atoms with van der Waals surface area (Å²) in [6.45, 7) is 4.14. The lowest BCUT2D eigenvalue weighted by molar-refractivity contribution is -0.151. The molecule has 1 fully saturated rings. The SMILES string of the molecule is CC(C)CC(NC(=O)OC(Cc1ccccc1)c1ccccc1)C(=O)NC(C[C@@H]1CCNC1=O)C(=O)C(=O)O. The smallest absolute Gasteiger partial charge is 0.408 e.